The fourth-order valence-electron chi connectivity index (χ4n) is 4.09. The van der Waals surface area contributed by atoms with Crippen LogP contribution in [0.3, 0.4) is 0 Å². The van der Waals surface area contributed by atoms with Crippen LogP contribution in [-0.2, 0) is 23.8 Å². The number of rotatable bonds is 1. The molecule has 128 valence electrons. The molecule has 3 heterocycles. The molecule has 1 unspecified atom stereocenters. The summed E-state index contributed by atoms with van der Waals surface area (Å²) in [7, 11) is 1.87. The van der Waals surface area contributed by atoms with Crippen molar-refractivity contribution >= 4 is 11.6 Å². The van der Waals surface area contributed by atoms with E-state index in [1.54, 1.807) is 10.7 Å². The van der Waals surface area contributed by atoms with Crippen molar-refractivity contribution < 1.29 is 9.84 Å². The van der Waals surface area contributed by atoms with E-state index in [4.69, 9.17) is 16.3 Å². The van der Waals surface area contributed by atoms with Gasteiger partial charge in [0.1, 0.15) is 5.75 Å². The molecule has 1 aromatic carbocycles. The predicted octanol–water partition coefficient (Wildman–Crippen LogP) is 2.46. The van der Waals surface area contributed by atoms with Crippen molar-refractivity contribution in [2.24, 2.45) is 7.05 Å². The molecular formula is C17H21ClN4O2. The van der Waals surface area contributed by atoms with Gasteiger partial charge in [0.15, 0.2) is 0 Å². The zero-order valence-corrected chi connectivity index (χ0v) is 14.5. The van der Waals surface area contributed by atoms with Crippen molar-refractivity contribution in [3.63, 3.8) is 0 Å². The second-order valence-corrected chi connectivity index (χ2v) is 7.31. The van der Waals surface area contributed by atoms with Crippen molar-refractivity contribution in [3.05, 3.63) is 40.2 Å². The Labute approximate surface area is 145 Å². The number of aromatic hydroxyl groups is 1. The summed E-state index contributed by atoms with van der Waals surface area (Å²) in [5, 5.41) is 22.2. The molecule has 1 saturated heterocycles. The molecule has 0 amide bonds. The molecule has 2 aliphatic rings. The highest BCUT2D eigenvalue weighted by Crippen LogP contribution is 2.47. The van der Waals surface area contributed by atoms with Crippen LogP contribution in [-0.4, -0.2) is 32.7 Å². The lowest BCUT2D eigenvalue weighted by Crippen LogP contribution is -2.50. The van der Waals surface area contributed by atoms with E-state index in [0.717, 1.165) is 36.1 Å². The van der Waals surface area contributed by atoms with Crippen LogP contribution < -0.4 is 5.32 Å². The van der Waals surface area contributed by atoms with Crippen molar-refractivity contribution in [1.82, 2.24) is 20.3 Å². The largest absolute Gasteiger partial charge is 0.506 e. The minimum atomic E-state index is -0.405. The zero-order valence-electron chi connectivity index (χ0n) is 13.8. The second-order valence-electron chi connectivity index (χ2n) is 6.90. The summed E-state index contributed by atoms with van der Waals surface area (Å²) in [6, 6.07) is 3.99. The topological polar surface area (TPSA) is 72.2 Å². The van der Waals surface area contributed by atoms with Crippen LogP contribution in [0.15, 0.2) is 18.3 Å². The van der Waals surface area contributed by atoms with Crippen LogP contribution in [0.5, 0.6) is 5.75 Å². The number of halogens is 1. The summed E-state index contributed by atoms with van der Waals surface area (Å²) in [6.45, 7) is 2.80. The highest BCUT2D eigenvalue weighted by molar-refractivity contribution is 6.32. The average Bonchev–Trinajstić information content (AvgIpc) is 2.96. The van der Waals surface area contributed by atoms with Gasteiger partial charge in [-0.05, 0) is 43.0 Å². The first-order chi connectivity index (χ1) is 11.5. The Kier molecular flexibility index (Phi) is 3.78. The van der Waals surface area contributed by atoms with Gasteiger partial charge in [-0.1, -0.05) is 16.8 Å². The van der Waals surface area contributed by atoms with Crippen LogP contribution in [0.1, 0.15) is 42.6 Å². The maximum absolute atomic E-state index is 9.94. The second kappa shape index (κ2) is 5.72. The van der Waals surface area contributed by atoms with Crippen LogP contribution in [0.2, 0.25) is 5.02 Å². The van der Waals surface area contributed by atoms with Gasteiger partial charge in [-0.25, -0.2) is 0 Å². The fraction of sp³-hybridized carbons (Fsp3) is 0.529. The van der Waals surface area contributed by atoms with Gasteiger partial charge in [0, 0.05) is 25.7 Å². The number of piperidine rings is 1. The summed E-state index contributed by atoms with van der Waals surface area (Å²) >= 11 is 6.19. The summed E-state index contributed by atoms with van der Waals surface area (Å²) in [5.41, 5.74) is 2.73. The zero-order chi connectivity index (χ0) is 16.9. The van der Waals surface area contributed by atoms with Gasteiger partial charge in [-0.2, -0.15) is 0 Å². The first kappa shape index (κ1) is 15.9. The maximum atomic E-state index is 9.94. The number of hydrogen-bond donors (Lipinski definition) is 2. The number of aryl methyl sites for hydroxylation is 1. The van der Waals surface area contributed by atoms with Gasteiger partial charge in [0.2, 0.25) is 0 Å². The monoisotopic (exact) mass is 348 g/mol. The summed E-state index contributed by atoms with van der Waals surface area (Å²) in [5.74, 6) is 0.139. The Balaban J connectivity index is 1.76. The molecule has 1 fully saturated rings. The molecule has 0 bridgehead atoms. The Hall–Kier alpha value is -1.63. The third-order valence-electron chi connectivity index (χ3n) is 5.05. The van der Waals surface area contributed by atoms with E-state index in [2.05, 4.69) is 22.6 Å². The standard InChI is InChI=1S/C17H21ClN4O2/c1-10-7-17(8-14(19-10)15-9-22(2)21-20-15)12-6-13(18)16(23)5-11(12)3-4-24-17/h5-6,9-10,14,19,23H,3-4,7-8H2,1-2H3/t10-,14-,17?/m0/s1. The molecule has 1 aromatic heterocycles. The molecule has 4 rings (SSSR count). The smallest absolute Gasteiger partial charge is 0.134 e. The molecule has 2 N–H and O–H groups in total. The van der Waals surface area contributed by atoms with Crippen molar-refractivity contribution in [2.45, 2.75) is 43.9 Å². The van der Waals surface area contributed by atoms with Gasteiger partial charge in [-0.15, -0.1) is 5.10 Å². The number of phenols is 1. The van der Waals surface area contributed by atoms with Gasteiger partial charge < -0.3 is 15.2 Å². The molecule has 3 atom stereocenters. The molecule has 7 heteroatoms. The number of ether oxygens (including phenoxy) is 1. The molecule has 2 aromatic rings. The van der Waals surface area contributed by atoms with E-state index in [1.807, 2.05) is 19.3 Å². The predicted molar refractivity (Wildman–Crippen MR) is 90.0 cm³/mol. The Morgan fingerprint density at radius 3 is 3.00 bits per heavy atom. The Morgan fingerprint density at radius 1 is 1.42 bits per heavy atom. The lowest BCUT2D eigenvalue weighted by molar-refractivity contribution is -0.0987. The molecular weight excluding hydrogens is 328 g/mol. The van der Waals surface area contributed by atoms with Crippen molar-refractivity contribution in [1.29, 1.82) is 0 Å². The lowest BCUT2D eigenvalue weighted by atomic mass is 9.74. The normalized spacial score (nSPS) is 29.6. The molecule has 2 aliphatic heterocycles. The van der Waals surface area contributed by atoms with Crippen LogP contribution in [0.25, 0.3) is 0 Å². The molecule has 0 radical (unpaired) electrons. The van der Waals surface area contributed by atoms with Gasteiger partial charge in [0.05, 0.1) is 29.0 Å². The number of benzene rings is 1. The van der Waals surface area contributed by atoms with E-state index < -0.39 is 5.60 Å². The number of fused-ring (bicyclic) bond motifs is 2. The Bertz CT molecular complexity index is 778. The number of nitrogens with one attached hydrogen (secondary N) is 1. The van der Waals surface area contributed by atoms with E-state index in [9.17, 15) is 5.11 Å². The first-order valence-electron chi connectivity index (χ1n) is 8.25. The van der Waals surface area contributed by atoms with Gasteiger partial charge >= 0.3 is 0 Å². The quantitative estimate of drug-likeness (QED) is 0.828. The summed E-state index contributed by atoms with van der Waals surface area (Å²) in [6.07, 6.45) is 4.36. The number of aromatic nitrogens is 3. The van der Waals surface area contributed by atoms with Crippen molar-refractivity contribution in [3.8, 4) is 5.75 Å². The third-order valence-corrected chi connectivity index (χ3v) is 5.35. The summed E-state index contributed by atoms with van der Waals surface area (Å²) in [4.78, 5) is 0. The minimum Gasteiger partial charge on any atom is -0.506 e. The number of phenolic OH excluding ortho intramolecular Hbond substituents is 1. The van der Waals surface area contributed by atoms with Gasteiger partial charge in [0.25, 0.3) is 0 Å². The van der Waals surface area contributed by atoms with Crippen LogP contribution in [0, 0.1) is 0 Å². The molecule has 0 aliphatic carbocycles. The van der Waals surface area contributed by atoms with E-state index >= 15 is 0 Å². The molecule has 0 saturated carbocycles. The Morgan fingerprint density at radius 2 is 2.25 bits per heavy atom. The first-order valence-corrected chi connectivity index (χ1v) is 8.63. The molecule has 1 spiro atoms. The van der Waals surface area contributed by atoms with E-state index in [1.165, 1.54) is 0 Å². The molecule has 6 nitrogen and oxygen atoms in total. The molecule has 24 heavy (non-hydrogen) atoms. The number of nitrogens with zero attached hydrogens (tertiary/aromatic N) is 3. The highest BCUT2D eigenvalue weighted by Gasteiger charge is 2.45. The third kappa shape index (κ3) is 2.59. The van der Waals surface area contributed by atoms with E-state index in [-0.39, 0.29) is 17.8 Å². The fourth-order valence-corrected chi connectivity index (χ4v) is 4.26. The van der Waals surface area contributed by atoms with Crippen LogP contribution in [0.4, 0.5) is 0 Å². The van der Waals surface area contributed by atoms with E-state index in [0.29, 0.717) is 11.6 Å². The highest BCUT2D eigenvalue weighted by atomic mass is 35.5. The lowest BCUT2D eigenvalue weighted by Gasteiger charge is -2.47. The van der Waals surface area contributed by atoms with Crippen LogP contribution >= 0.6 is 11.6 Å². The summed E-state index contributed by atoms with van der Waals surface area (Å²) < 4.78 is 8.04. The maximum Gasteiger partial charge on any atom is 0.134 e. The minimum absolute atomic E-state index is 0.0704. The van der Waals surface area contributed by atoms with Gasteiger partial charge in [-0.3, -0.25) is 4.68 Å². The van der Waals surface area contributed by atoms with Crippen molar-refractivity contribution in [2.75, 3.05) is 6.61 Å². The number of hydrogen-bond acceptors (Lipinski definition) is 5. The SMILES string of the molecule is C[C@H]1CC2(C[C@@H](c3cn(C)nn3)N1)OCCc1cc(O)c(Cl)cc12. The average molecular weight is 349 g/mol.